The van der Waals surface area contributed by atoms with Crippen molar-refractivity contribution in [1.82, 2.24) is 30.2 Å². The number of aromatic nitrogens is 5. The zero-order valence-electron chi connectivity index (χ0n) is 13.8. The number of rotatable bonds is 6. The molecule has 25 heavy (non-hydrogen) atoms. The molecule has 0 radical (unpaired) electrons. The Kier molecular flexibility index (Phi) is 4.69. The van der Waals surface area contributed by atoms with Crippen molar-refractivity contribution in [3.63, 3.8) is 0 Å². The van der Waals surface area contributed by atoms with Crippen LogP contribution >= 0.6 is 0 Å². The van der Waals surface area contributed by atoms with E-state index in [2.05, 4.69) is 30.2 Å². The Morgan fingerprint density at radius 2 is 2.20 bits per heavy atom. The number of hydrogen-bond acceptors (Lipinski definition) is 7. The number of ether oxygens (including phenoxy) is 1. The summed E-state index contributed by atoms with van der Waals surface area (Å²) < 4.78 is 11.2. The summed E-state index contributed by atoms with van der Waals surface area (Å²) in [7, 11) is 0. The first kappa shape index (κ1) is 15.8. The van der Waals surface area contributed by atoms with Gasteiger partial charge in [0, 0.05) is 12.5 Å². The predicted octanol–water partition coefficient (Wildman–Crippen LogP) is 2.15. The Labute approximate surface area is 145 Å². The van der Waals surface area contributed by atoms with Crippen molar-refractivity contribution in [3.05, 3.63) is 42.5 Å². The summed E-state index contributed by atoms with van der Waals surface area (Å²) in [5.74, 6) is 2.98. The van der Waals surface area contributed by atoms with Crippen molar-refractivity contribution in [2.24, 2.45) is 5.92 Å². The largest absolute Gasteiger partial charge is 0.493 e. The second-order valence-corrected chi connectivity index (χ2v) is 6.21. The number of hydrogen-bond donors (Lipinski definition) is 1. The van der Waals surface area contributed by atoms with E-state index in [0.29, 0.717) is 30.0 Å². The van der Waals surface area contributed by atoms with Crippen molar-refractivity contribution in [2.45, 2.75) is 19.4 Å². The van der Waals surface area contributed by atoms with Gasteiger partial charge in [0.05, 0.1) is 13.2 Å². The maximum absolute atomic E-state index is 5.90. The molecule has 3 heterocycles. The monoisotopic (exact) mass is 340 g/mol. The molecule has 1 aliphatic rings. The van der Waals surface area contributed by atoms with Gasteiger partial charge >= 0.3 is 0 Å². The number of nitrogens with one attached hydrogen (secondary N) is 1. The molecule has 0 saturated carbocycles. The smallest absolute Gasteiger partial charge is 0.241 e. The average molecular weight is 340 g/mol. The van der Waals surface area contributed by atoms with E-state index in [4.69, 9.17) is 9.26 Å². The van der Waals surface area contributed by atoms with Crippen LogP contribution in [0.5, 0.6) is 5.75 Å². The molecule has 1 saturated heterocycles. The zero-order valence-corrected chi connectivity index (χ0v) is 13.8. The average Bonchev–Trinajstić information content (AvgIpc) is 3.33. The molecule has 1 N–H and O–H groups in total. The Hall–Kier alpha value is -2.74. The molecule has 130 valence electrons. The van der Waals surface area contributed by atoms with Crippen molar-refractivity contribution in [2.75, 3.05) is 19.7 Å². The third-order valence-electron chi connectivity index (χ3n) is 4.29. The summed E-state index contributed by atoms with van der Waals surface area (Å²) in [6.07, 6.45) is 3.75. The molecule has 2 aromatic heterocycles. The topological polar surface area (TPSA) is 93.0 Å². The van der Waals surface area contributed by atoms with Gasteiger partial charge in [-0.2, -0.15) is 10.1 Å². The lowest BCUT2D eigenvalue weighted by Gasteiger charge is -2.31. The van der Waals surface area contributed by atoms with Gasteiger partial charge in [0.1, 0.15) is 12.1 Å². The molecule has 0 aliphatic carbocycles. The minimum atomic E-state index is 0.438. The first-order chi connectivity index (χ1) is 12.4. The molecule has 4 rings (SSSR count). The van der Waals surface area contributed by atoms with Crippen LogP contribution in [0.15, 0.2) is 41.2 Å². The number of likely N-dealkylation sites (tertiary alicyclic amines) is 1. The van der Waals surface area contributed by atoms with Crippen LogP contribution in [-0.2, 0) is 6.54 Å². The highest BCUT2D eigenvalue weighted by atomic mass is 16.5. The van der Waals surface area contributed by atoms with Gasteiger partial charge in [-0.3, -0.25) is 10.00 Å². The third kappa shape index (κ3) is 4.03. The number of benzene rings is 1. The van der Waals surface area contributed by atoms with E-state index in [9.17, 15) is 0 Å². The first-order valence-corrected chi connectivity index (χ1v) is 8.45. The van der Waals surface area contributed by atoms with Gasteiger partial charge in [-0.1, -0.05) is 23.4 Å². The molecule has 8 nitrogen and oxygen atoms in total. The molecule has 0 bridgehead atoms. The Morgan fingerprint density at radius 3 is 3.04 bits per heavy atom. The maximum atomic E-state index is 5.90. The minimum Gasteiger partial charge on any atom is -0.493 e. The maximum Gasteiger partial charge on any atom is 0.241 e. The van der Waals surface area contributed by atoms with Crippen LogP contribution in [0.2, 0.25) is 0 Å². The van der Waals surface area contributed by atoms with Gasteiger partial charge in [-0.25, -0.2) is 4.98 Å². The van der Waals surface area contributed by atoms with Crippen LogP contribution in [0.1, 0.15) is 18.7 Å². The number of aromatic amines is 1. The Balaban J connectivity index is 1.31. The second kappa shape index (κ2) is 7.43. The SMILES string of the molecule is c1ccc(OCC2CCCN(Cc3nc(-c4ncn[nH]4)no3)C2)cc1. The molecule has 1 unspecified atom stereocenters. The lowest BCUT2D eigenvalue weighted by atomic mass is 9.99. The molecule has 3 aromatic rings. The quantitative estimate of drug-likeness (QED) is 0.735. The van der Waals surface area contributed by atoms with Gasteiger partial charge in [-0.15, -0.1) is 0 Å². The van der Waals surface area contributed by atoms with E-state index in [1.54, 1.807) is 0 Å². The van der Waals surface area contributed by atoms with Crippen LogP contribution in [0.4, 0.5) is 0 Å². The van der Waals surface area contributed by atoms with E-state index in [1.807, 2.05) is 30.3 Å². The Bertz CT molecular complexity index is 774. The molecule has 0 amide bonds. The summed E-state index contributed by atoms with van der Waals surface area (Å²) in [6.45, 7) is 3.37. The van der Waals surface area contributed by atoms with Crippen molar-refractivity contribution < 1.29 is 9.26 Å². The standard InChI is InChI=1S/C17H20N6O2/c1-2-6-14(7-3-1)24-11-13-5-4-8-23(9-13)10-15-20-17(22-25-15)16-18-12-19-21-16/h1-3,6-7,12-13H,4-5,8-11H2,(H,18,19,21). The molecule has 1 atom stereocenters. The lowest BCUT2D eigenvalue weighted by molar-refractivity contribution is 0.115. The van der Waals surface area contributed by atoms with Crippen LogP contribution in [-0.4, -0.2) is 49.9 Å². The fourth-order valence-electron chi connectivity index (χ4n) is 3.08. The zero-order chi connectivity index (χ0) is 16.9. The highest BCUT2D eigenvalue weighted by Gasteiger charge is 2.22. The first-order valence-electron chi connectivity index (χ1n) is 8.45. The molecule has 1 fully saturated rings. The summed E-state index contributed by atoms with van der Waals surface area (Å²) in [5, 5.41) is 10.5. The van der Waals surface area contributed by atoms with Gasteiger partial charge in [0.15, 0.2) is 5.82 Å². The summed E-state index contributed by atoms with van der Waals surface area (Å²) >= 11 is 0. The van der Waals surface area contributed by atoms with Gasteiger partial charge in [0.2, 0.25) is 11.7 Å². The third-order valence-corrected chi connectivity index (χ3v) is 4.29. The second-order valence-electron chi connectivity index (χ2n) is 6.21. The van der Waals surface area contributed by atoms with Crippen LogP contribution in [0, 0.1) is 5.92 Å². The lowest BCUT2D eigenvalue weighted by Crippen LogP contribution is -2.37. The molecular formula is C17H20N6O2. The predicted molar refractivity (Wildman–Crippen MR) is 89.6 cm³/mol. The fourth-order valence-corrected chi connectivity index (χ4v) is 3.08. The van der Waals surface area contributed by atoms with E-state index in [-0.39, 0.29) is 0 Å². The summed E-state index contributed by atoms with van der Waals surface area (Å²) in [5.41, 5.74) is 0. The van der Waals surface area contributed by atoms with Crippen molar-refractivity contribution in [3.8, 4) is 17.4 Å². The van der Waals surface area contributed by atoms with Crippen LogP contribution in [0.25, 0.3) is 11.6 Å². The summed E-state index contributed by atoms with van der Waals surface area (Å²) in [6, 6.07) is 9.95. The summed E-state index contributed by atoms with van der Waals surface area (Å²) in [4.78, 5) is 10.7. The molecule has 1 aliphatic heterocycles. The number of nitrogens with zero attached hydrogens (tertiary/aromatic N) is 5. The van der Waals surface area contributed by atoms with Gasteiger partial charge in [-0.05, 0) is 31.5 Å². The molecule has 8 heteroatoms. The highest BCUT2D eigenvalue weighted by molar-refractivity contribution is 5.39. The van der Waals surface area contributed by atoms with E-state index < -0.39 is 0 Å². The van der Waals surface area contributed by atoms with E-state index in [1.165, 1.54) is 12.7 Å². The van der Waals surface area contributed by atoms with Crippen molar-refractivity contribution in [1.29, 1.82) is 0 Å². The Morgan fingerprint density at radius 1 is 1.28 bits per heavy atom. The number of piperidine rings is 1. The van der Waals surface area contributed by atoms with E-state index in [0.717, 1.165) is 31.9 Å². The highest BCUT2D eigenvalue weighted by Crippen LogP contribution is 2.20. The van der Waals surface area contributed by atoms with E-state index >= 15 is 0 Å². The normalized spacial score (nSPS) is 18.3. The minimum absolute atomic E-state index is 0.438. The number of H-pyrrole nitrogens is 1. The van der Waals surface area contributed by atoms with Crippen LogP contribution < -0.4 is 4.74 Å². The molecule has 1 aromatic carbocycles. The number of para-hydroxylation sites is 1. The van der Waals surface area contributed by atoms with Crippen molar-refractivity contribution >= 4 is 0 Å². The molecular weight excluding hydrogens is 320 g/mol. The van der Waals surface area contributed by atoms with Gasteiger partial charge in [0.25, 0.3) is 0 Å². The van der Waals surface area contributed by atoms with Gasteiger partial charge < -0.3 is 9.26 Å². The van der Waals surface area contributed by atoms with Crippen LogP contribution in [0.3, 0.4) is 0 Å². The molecule has 0 spiro atoms. The fraction of sp³-hybridized carbons (Fsp3) is 0.412.